The zero-order valence-electron chi connectivity index (χ0n) is 19.3. The van der Waals surface area contributed by atoms with Crippen LogP contribution in [-0.4, -0.2) is 31.6 Å². The van der Waals surface area contributed by atoms with Crippen molar-refractivity contribution < 1.29 is 14.6 Å². The second-order valence-electron chi connectivity index (χ2n) is 8.21. The molecule has 0 spiro atoms. The summed E-state index contributed by atoms with van der Waals surface area (Å²) in [4.78, 5) is 0. The van der Waals surface area contributed by atoms with Crippen LogP contribution in [0.2, 0.25) is 0 Å². The molecule has 0 radical (unpaired) electrons. The van der Waals surface area contributed by atoms with E-state index >= 15 is 0 Å². The van der Waals surface area contributed by atoms with Gasteiger partial charge in [0.1, 0.15) is 0 Å². The normalized spacial score (nSPS) is 12.5. The summed E-state index contributed by atoms with van der Waals surface area (Å²) in [6, 6.07) is 38.7. The number of halogens is 1. The number of aryl methyl sites for hydroxylation is 1. The molecule has 0 unspecified atom stereocenters. The Balaban J connectivity index is 1.91. The number of ether oxygens (including phenoxy) is 2. The number of methoxy groups -OCH3 is 1. The van der Waals surface area contributed by atoms with Crippen LogP contribution in [0.15, 0.2) is 109 Å². The molecular weight excluding hydrogens is 554 g/mol. The average Bonchev–Trinajstić information content (AvgIpc) is 2.92. The van der Waals surface area contributed by atoms with Crippen molar-refractivity contribution in [2.45, 2.75) is 6.42 Å². The van der Waals surface area contributed by atoms with E-state index < -0.39 is 4.25 Å². The summed E-state index contributed by atoms with van der Waals surface area (Å²) < 4.78 is 8.55. The first-order chi connectivity index (χ1) is 16.6. The second-order valence-corrected chi connectivity index (χ2v) is 19.0. The standard InChI is InChI=1S/C29H30IO3P/c1-32-25-17-18-29(33-21-20-31)24(23-25)19-22-34(30,26-11-5-2-6-12-26,27-13-7-3-8-14-27)28-15-9-4-10-16-28/h2-18,23,31H,19-22H2,1H3. The van der Waals surface area contributed by atoms with Gasteiger partial charge in [0, 0.05) is 0 Å². The van der Waals surface area contributed by atoms with Crippen molar-refractivity contribution in [3.05, 3.63) is 115 Å². The van der Waals surface area contributed by atoms with Gasteiger partial charge < -0.3 is 0 Å². The monoisotopic (exact) mass is 584 g/mol. The van der Waals surface area contributed by atoms with E-state index in [0.29, 0.717) is 0 Å². The number of aliphatic hydroxyl groups excluding tert-OH is 1. The van der Waals surface area contributed by atoms with E-state index in [0.717, 1.165) is 29.6 Å². The molecule has 4 aromatic carbocycles. The van der Waals surface area contributed by atoms with Crippen molar-refractivity contribution in [3.63, 3.8) is 0 Å². The van der Waals surface area contributed by atoms with E-state index in [-0.39, 0.29) is 13.2 Å². The van der Waals surface area contributed by atoms with Crippen LogP contribution >= 0.6 is 26.3 Å². The molecule has 0 aliphatic rings. The molecule has 3 nitrogen and oxygen atoms in total. The van der Waals surface area contributed by atoms with Gasteiger partial charge in [-0.2, -0.15) is 0 Å². The van der Waals surface area contributed by atoms with Crippen molar-refractivity contribution in [1.82, 2.24) is 0 Å². The summed E-state index contributed by atoms with van der Waals surface area (Å²) in [6.07, 6.45) is 1.73. The Labute approximate surface area is 215 Å². The Bertz CT molecular complexity index is 1100. The Morgan fingerprint density at radius 2 is 1.24 bits per heavy atom. The van der Waals surface area contributed by atoms with Crippen molar-refractivity contribution in [2.75, 3.05) is 26.5 Å². The summed E-state index contributed by atoms with van der Waals surface area (Å²) in [5.41, 5.74) is 1.08. The average molecular weight is 584 g/mol. The SMILES string of the molecule is COc1ccc(OCCO)c(CCP(I)(c2ccccc2)(c2ccccc2)c2ccccc2)c1. The Morgan fingerprint density at radius 3 is 1.68 bits per heavy atom. The van der Waals surface area contributed by atoms with Crippen LogP contribution in [0.25, 0.3) is 0 Å². The fourth-order valence-corrected chi connectivity index (χ4v) is 12.9. The van der Waals surface area contributed by atoms with Gasteiger partial charge in [0.15, 0.2) is 0 Å². The zero-order valence-corrected chi connectivity index (χ0v) is 22.4. The molecule has 34 heavy (non-hydrogen) atoms. The Kier molecular flexibility index (Phi) is 7.92. The molecule has 0 aromatic heterocycles. The molecule has 176 valence electrons. The van der Waals surface area contributed by atoms with Gasteiger partial charge in [0.25, 0.3) is 0 Å². The first-order valence-electron chi connectivity index (χ1n) is 11.4. The molecule has 0 bridgehead atoms. The van der Waals surface area contributed by atoms with E-state index in [2.05, 4.69) is 119 Å². The van der Waals surface area contributed by atoms with Gasteiger partial charge in [0.05, 0.1) is 0 Å². The number of hydrogen-bond acceptors (Lipinski definition) is 3. The molecule has 0 amide bonds. The molecule has 0 saturated heterocycles. The van der Waals surface area contributed by atoms with E-state index in [1.807, 2.05) is 12.1 Å². The molecule has 0 aliphatic heterocycles. The van der Waals surface area contributed by atoms with Crippen LogP contribution in [0.4, 0.5) is 0 Å². The molecule has 1 N–H and O–H groups in total. The minimum absolute atomic E-state index is 0.0186. The third-order valence-electron chi connectivity index (χ3n) is 6.30. The predicted molar refractivity (Wildman–Crippen MR) is 153 cm³/mol. The Morgan fingerprint density at radius 1 is 0.735 bits per heavy atom. The van der Waals surface area contributed by atoms with Crippen molar-refractivity contribution in [2.24, 2.45) is 0 Å². The summed E-state index contributed by atoms with van der Waals surface area (Å²) in [7, 11) is 1.68. The summed E-state index contributed by atoms with van der Waals surface area (Å²) in [5.74, 6) is 1.60. The molecule has 0 fully saturated rings. The number of benzene rings is 4. The van der Waals surface area contributed by atoms with Gasteiger partial charge in [-0.15, -0.1) is 0 Å². The zero-order chi connectivity index (χ0) is 23.9. The molecule has 4 aromatic rings. The summed E-state index contributed by atoms with van der Waals surface area (Å²) >= 11 is 2.81. The van der Waals surface area contributed by atoms with Crippen molar-refractivity contribution in [1.29, 1.82) is 0 Å². The third-order valence-corrected chi connectivity index (χ3v) is 18.0. The number of aliphatic hydroxyl groups is 1. The molecule has 4 rings (SSSR count). The van der Waals surface area contributed by atoms with Crippen LogP contribution in [-0.2, 0) is 6.42 Å². The summed E-state index contributed by atoms with van der Waals surface area (Å²) in [5, 5.41) is 13.4. The predicted octanol–water partition coefficient (Wildman–Crippen LogP) is 5.49. The number of hydrogen-bond donors (Lipinski definition) is 1. The van der Waals surface area contributed by atoms with Gasteiger partial charge in [-0.05, 0) is 0 Å². The summed E-state index contributed by atoms with van der Waals surface area (Å²) in [6.45, 7) is 0.249. The maximum atomic E-state index is 9.32. The van der Waals surface area contributed by atoms with E-state index in [1.165, 1.54) is 15.9 Å². The molecule has 0 saturated carbocycles. The van der Waals surface area contributed by atoms with Crippen LogP contribution in [0.5, 0.6) is 11.5 Å². The van der Waals surface area contributed by atoms with Gasteiger partial charge in [-0.25, -0.2) is 0 Å². The van der Waals surface area contributed by atoms with Gasteiger partial charge >= 0.3 is 216 Å². The van der Waals surface area contributed by atoms with E-state index in [1.54, 1.807) is 7.11 Å². The van der Waals surface area contributed by atoms with Gasteiger partial charge in [0.2, 0.25) is 0 Å². The van der Waals surface area contributed by atoms with Crippen molar-refractivity contribution >= 4 is 42.2 Å². The fraction of sp³-hybridized carbons (Fsp3) is 0.172. The third kappa shape index (κ3) is 4.72. The van der Waals surface area contributed by atoms with Crippen LogP contribution < -0.4 is 25.4 Å². The topological polar surface area (TPSA) is 38.7 Å². The molecule has 0 atom stereocenters. The van der Waals surface area contributed by atoms with E-state index in [4.69, 9.17) is 9.47 Å². The first-order valence-corrected chi connectivity index (χ1v) is 16.6. The first kappa shape index (κ1) is 24.7. The van der Waals surface area contributed by atoms with Crippen LogP contribution in [0, 0.1) is 0 Å². The van der Waals surface area contributed by atoms with Crippen molar-refractivity contribution in [3.8, 4) is 11.5 Å². The minimum atomic E-state index is -2.88. The molecule has 5 heteroatoms. The maximum absolute atomic E-state index is 9.32. The van der Waals surface area contributed by atoms with Gasteiger partial charge in [-0.3, -0.25) is 0 Å². The molecular formula is C29H30IO3P. The fourth-order valence-electron chi connectivity index (χ4n) is 4.56. The quantitative estimate of drug-likeness (QED) is 0.198. The Hall–Kier alpha value is -2.40. The molecule has 0 aliphatic carbocycles. The van der Waals surface area contributed by atoms with Crippen LogP contribution in [0.3, 0.4) is 0 Å². The van der Waals surface area contributed by atoms with E-state index in [9.17, 15) is 5.11 Å². The molecule has 0 heterocycles. The number of rotatable bonds is 10. The van der Waals surface area contributed by atoms with Gasteiger partial charge in [-0.1, -0.05) is 0 Å². The second kappa shape index (κ2) is 10.9. The van der Waals surface area contributed by atoms with Crippen LogP contribution in [0.1, 0.15) is 5.56 Å².